The van der Waals surface area contributed by atoms with E-state index < -0.39 is 5.54 Å². The molecule has 0 aromatic heterocycles. The van der Waals surface area contributed by atoms with Gasteiger partial charge in [0.05, 0.1) is 17.7 Å². The molecule has 6 heteroatoms. The highest BCUT2D eigenvalue weighted by atomic mass is 16.5. The number of primary amides is 1. The van der Waals surface area contributed by atoms with Crippen LogP contribution in [0, 0.1) is 0 Å². The monoisotopic (exact) mass is 299 g/mol. The minimum atomic E-state index is -0.550. The molecular weight excluding hydrogens is 270 g/mol. The fourth-order valence-corrected chi connectivity index (χ4v) is 3.89. The van der Waals surface area contributed by atoms with E-state index in [1.807, 2.05) is 6.92 Å². The number of ether oxygens (including phenoxy) is 2. The third kappa shape index (κ3) is 3.39. The van der Waals surface area contributed by atoms with E-state index in [2.05, 4.69) is 10.2 Å². The van der Waals surface area contributed by atoms with Gasteiger partial charge in [-0.05, 0) is 32.2 Å². The Balaban J connectivity index is 2.05. The van der Waals surface area contributed by atoms with Gasteiger partial charge in [0.2, 0.25) is 5.91 Å². The van der Waals surface area contributed by atoms with Crippen LogP contribution in [0.15, 0.2) is 0 Å². The third-order valence-corrected chi connectivity index (χ3v) is 5.08. The molecule has 122 valence electrons. The minimum absolute atomic E-state index is 0.110. The summed E-state index contributed by atoms with van der Waals surface area (Å²) in [5.41, 5.74) is 5.14. The first-order valence-corrected chi connectivity index (χ1v) is 7.91. The highest BCUT2D eigenvalue weighted by Crippen LogP contribution is 2.33. The first-order valence-electron chi connectivity index (χ1n) is 7.91. The molecule has 0 bridgehead atoms. The first kappa shape index (κ1) is 16.7. The van der Waals surface area contributed by atoms with Gasteiger partial charge in [0.15, 0.2) is 0 Å². The van der Waals surface area contributed by atoms with Crippen LogP contribution in [0.25, 0.3) is 0 Å². The molecule has 0 spiro atoms. The molecular formula is C15H29N3O3. The summed E-state index contributed by atoms with van der Waals surface area (Å²) >= 11 is 0. The van der Waals surface area contributed by atoms with Crippen molar-refractivity contribution >= 4 is 5.91 Å². The lowest BCUT2D eigenvalue weighted by Crippen LogP contribution is -2.60. The highest BCUT2D eigenvalue weighted by Gasteiger charge is 2.45. The number of nitrogens with two attached hydrogens (primary N) is 1. The zero-order valence-electron chi connectivity index (χ0n) is 13.4. The van der Waals surface area contributed by atoms with Gasteiger partial charge in [0, 0.05) is 33.4 Å². The molecule has 6 nitrogen and oxygen atoms in total. The van der Waals surface area contributed by atoms with Crippen molar-refractivity contribution in [1.29, 1.82) is 0 Å². The molecule has 1 amide bonds. The molecule has 1 saturated carbocycles. The van der Waals surface area contributed by atoms with E-state index in [1.54, 1.807) is 14.2 Å². The normalized spacial score (nSPS) is 37.8. The summed E-state index contributed by atoms with van der Waals surface area (Å²) in [7, 11) is 3.46. The molecule has 0 aromatic carbocycles. The van der Waals surface area contributed by atoms with Crippen molar-refractivity contribution in [2.75, 3.05) is 33.9 Å². The number of nitrogens with zero attached hydrogens (tertiary/aromatic N) is 1. The fourth-order valence-electron chi connectivity index (χ4n) is 3.89. The van der Waals surface area contributed by atoms with E-state index in [9.17, 15) is 4.79 Å². The van der Waals surface area contributed by atoms with E-state index >= 15 is 0 Å². The number of hydrogen-bond donors (Lipinski definition) is 2. The van der Waals surface area contributed by atoms with Crippen LogP contribution in [-0.4, -0.2) is 68.4 Å². The molecule has 1 aliphatic carbocycles. The second kappa shape index (κ2) is 7.05. The van der Waals surface area contributed by atoms with E-state index in [4.69, 9.17) is 15.2 Å². The third-order valence-electron chi connectivity index (χ3n) is 5.08. The number of likely N-dealkylation sites (tertiary alicyclic amines) is 1. The smallest absolute Gasteiger partial charge is 0.237 e. The highest BCUT2D eigenvalue weighted by molar-refractivity contribution is 5.84. The maximum atomic E-state index is 12.0. The first-order chi connectivity index (χ1) is 10.1. The summed E-state index contributed by atoms with van der Waals surface area (Å²) in [5.74, 6) is -0.222. The lowest BCUT2D eigenvalue weighted by Gasteiger charge is -2.42. The summed E-state index contributed by atoms with van der Waals surface area (Å²) < 4.78 is 11.0. The lowest BCUT2D eigenvalue weighted by molar-refractivity contribution is -0.126. The predicted molar refractivity (Wildman–Crippen MR) is 81.0 cm³/mol. The number of hydrogen-bond acceptors (Lipinski definition) is 5. The molecule has 0 radical (unpaired) electrons. The summed E-state index contributed by atoms with van der Waals surface area (Å²) in [4.78, 5) is 14.4. The van der Waals surface area contributed by atoms with Crippen molar-refractivity contribution < 1.29 is 14.3 Å². The molecule has 2 fully saturated rings. The number of likely N-dealkylation sites (N-methyl/N-ethyl adjacent to an activating group) is 1. The molecule has 1 saturated heterocycles. The second-order valence-electron chi connectivity index (χ2n) is 6.23. The predicted octanol–water partition coefficient (Wildman–Crippen LogP) is 0.108. The molecule has 2 aliphatic rings. The van der Waals surface area contributed by atoms with E-state index in [0.29, 0.717) is 6.04 Å². The van der Waals surface area contributed by atoms with Crippen LogP contribution in [0.1, 0.15) is 32.6 Å². The number of rotatable bonds is 6. The summed E-state index contributed by atoms with van der Waals surface area (Å²) in [6.07, 6.45) is 3.96. The Labute approximate surface area is 127 Å². The summed E-state index contributed by atoms with van der Waals surface area (Å²) in [6.45, 7) is 4.50. The molecule has 3 N–H and O–H groups in total. The number of nitrogens with one attached hydrogen (secondary N) is 1. The average molecular weight is 299 g/mol. The van der Waals surface area contributed by atoms with Gasteiger partial charge in [-0.25, -0.2) is 0 Å². The Morgan fingerprint density at radius 3 is 2.43 bits per heavy atom. The van der Waals surface area contributed by atoms with Crippen LogP contribution in [0.5, 0.6) is 0 Å². The van der Waals surface area contributed by atoms with Crippen LogP contribution in [0.3, 0.4) is 0 Å². The SMILES string of the molecule is CCNC1(C(N)=O)CCCC(N2CC(OC)C(OC)C2)C1. The van der Waals surface area contributed by atoms with E-state index in [1.165, 1.54) is 0 Å². The molecule has 2 rings (SSSR count). The fraction of sp³-hybridized carbons (Fsp3) is 0.933. The van der Waals surface area contributed by atoms with Crippen molar-refractivity contribution in [2.24, 2.45) is 5.73 Å². The Bertz CT molecular complexity index is 350. The van der Waals surface area contributed by atoms with Gasteiger partial charge in [0.1, 0.15) is 0 Å². The van der Waals surface area contributed by atoms with E-state index in [0.717, 1.165) is 45.3 Å². The van der Waals surface area contributed by atoms with Crippen molar-refractivity contribution in [3.63, 3.8) is 0 Å². The molecule has 1 aliphatic heterocycles. The molecule has 4 atom stereocenters. The van der Waals surface area contributed by atoms with Gasteiger partial charge in [-0.2, -0.15) is 0 Å². The largest absolute Gasteiger partial charge is 0.377 e. The van der Waals surface area contributed by atoms with E-state index in [-0.39, 0.29) is 18.1 Å². The Hall–Kier alpha value is -0.690. The Morgan fingerprint density at radius 1 is 1.33 bits per heavy atom. The van der Waals surface area contributed by atoms with Crippen molar-refractivity contribution in [1.82, 2.24) is 10.2 Å². The number of amides is 1. The molecule has 1 heterocycles. The Kier molecular flexibility index (Phi) is 5.60. The second-order valence-corrected chi connectivity index (χ2v) is 6.23. The number of carbonyl (C=O) groups excluding carboxylic acids is 1. The van der Waals surface area contributed by atoms with Gasteiger partial charge < -0.3 is 20.5 Å². The van der Waals surface area contributed by atoms with Gasteiger partial charge in [-0.1, -0.05) is 6.92 Å². The van der Waals surface area contributed by atoms with Gasteiger partial charge in [-0.3, -0.25) is 9.69 Å². The average Bonchev–Trinajstić information content (AvgIpc) is 2.91. The van der Waals surface area contributed by atoms with Crippen molar-refractivity contribution in [3.8, 4) is 0 Å². The van der Waals surface area contributed by atoms with Gasteiger partial charge >= 0.3 is 0 Å². The number of carbonyl (C=O) groups is 1. The molecule has 0 aromatic rings. The van der Waals surface area contributed by atoms with Crippen LogP contribution < -0.4 is 11.1 Å². The number of methoxy groups -OCH3 is 2. The van der Waals surface area contributed by atoms with Crippen LogP contribution in [0.4, 0.5) is 0 Å². The Morgan fingerprint density at radius 2 is 1.95 bits per heavy atom. The zero-order valence-corrected chi connectivity index (χ0v) is 13.4. The van der Waals surface area contributed by atoms with Crippen LogP contribution >= 0.6 is 0 Å². The van der Waals surface area contributed by atoms with Crippen LogP contribution in [0.2, 0.25) is 0 Å². The van der Waals surface area contributed by atoms with Gasteiger partial charge in [0.25, 0.3) is 0 Å². The quantitative estimate of drug-likeness (QED) is 0.728. The summed E-state index contributed by atoms with van der Waals surface area (Å²) in [6, 6.07) is 0.364. The zero-order chi connectivity index (χ0) is 15.5. The van der Waals surface area contributed by atoms with Crippen molar-refractivity contribution in [2.45, 2.75) is 56.4 Å². The molecule has 21 heavy (non-hydrogen) atoms. The van der Waals surface area contributed by atoms with Crippen LogP contribution in [-0.2, 0) is 14.3 Å². The lowest BCUT2D eigenvalue weighted by atomic mass is 9.77. The van der Waals surface area contributed by atoms with Crippen molar-refractivity contribution in [3.05, 3.63) is 0 Å². The maximum Gasteiger partial charge on any atom is 0.237 e. The van der Waals surface area contributed by atoms with Gasteiger partial charge in [-0.15, -0.1) is 0 Å². The topological polar surface area (TPSA) is 76.8 Å². The standard InChI is InChI=1S/C15H29N3O3/c1-4-17-15(14(16)19)7-5-6-11(8-15)18-9-12(20-2)13(10-18)21-3/h11-13,17H,4-10H2,1-3H3,(H2,16,19). The summed E-state index contributed by atoms with van der Waals surface area (Å²) in [5, 5.41) is 3.34. The maximum absolute atomic E-state index is 12.0. The molecule has 4 unspecified atom stereocenters. The minimum Gasteiger partial charge on any atom is -0.377 e.